The van der Waals surface area contributed by atoms with E-state index in [1.807, 2.05) is 0 Å². The van der Waals surface area contributed by atoms with Gasteiger partial charge in [-0.25, -0.2) is 0 Å². The second kappa shape index (κ2) is 8.29. The van der Waals surface area contributed by atoms with Crippen LogP contribution in [0.5, 0.6) is 0 Å². The van der Waals surface area contributed by atoms with Crippen molar-refractivity contribution >= 4 is 51.2 Å². The molecule has 0 aromatic heterocycles. The number of halogens is 1. The Morgan fingerprint density at radius 3 is 1.22 bits per heavy atom. The zero-order valence-corrected chi connectivity index (χ0v) is 17.9. The van der Waals surface area contributed by atoms with Crippen LogP contribution in [0.3, 0.4) is 0 Å². The summed E-state index contributed by atoms with van der Waals surface area (Å²) in [4.78, 5) is 0. The summed E-state index contributed by atoms with van der Waals surface area (Å²) in [5.41, 5.74) is 1.26. The molecule has 27 heavy (non-hydrogen) atoms. The molecule has 0 heterocycles. The van der Waals surface area contributed by atoms with Gasteiger partial charge in [0.25, 0.3) is 0 Å². The maximum absolute atomic E-state index is 2.50. The molecule has 0 spiro atoms. The van der Waals surface area contributed by atoms with Crippen LogP contribution >= 0.6 is 29.5 Å². The molecule has 0 aliphatic heterocycles. The number of hydrogen-bond donors (Lipinski definition) is 0. The van der Waals surface area contributed by atoms with Crippen molar-refractivity contribution in [1.82, 2.24) is 0 Å². The largest absolute Gasteiger partial charge is 0.0622 e. The summed E-state index contributed by atoms with van der Waals surface area (Å²) in [6.07, 6.45) is 0. The zero-order chi connectivity index (χ0) is 18.5. The smallest absolute Gasteiger partial charge is 0.0130 e. The molecule has 132 valence electrons. The second-order valence-corrected chi connectivity index (χ2v) is 10.9. The van der Waals surface area contributed by atoms with Crippen molar-refractivity contribution in [3.05, 3.63) is 124 Å². The Hall–Kier alpha value is -2.09. The summed E-state index contributed by atoms with van der Waals surface area (Å²) in [6, 6.07) is 41.7. The van der Waals surface area contributed by atoms with E-state index < -0.39 is 6.89 Å². The van der Waals surface area contributed by atoms with E-state index in [0.717, 1.165) is 0 Å². The average molecular weight is 478 g/mol. The van der Waals surface area contributed by atoms with Crippen molar-refractivity contribution in [3.8, 4) is 0 Å². The molecule has 0 saturated carbocycles. The second-order valence-electron chi connectivity index (χ2n) is 6.41. The lowest BCUT2D eigenvalue weighted by molar-refractivity contribution is 1.63. The Bertz CT molecular complexity index is 950. The fraction of sp³-hybridized carbons (Fsp3) is 0. The van der Waals surface area contributed by atoms with Gasteiger partial charge in [0, 0.05) is 3.57 Å². The van der Waals surface area contributed by atoms with Gasteiger partial charge in [0.1, 0.15) is 0 Å². The monoisotopic (exact) mass is 478 g/mol. The van der Waals surface area contributed by atoms with Crippen molar-refractivity contribution in [3.63, 3.8) is 0 Å². The first kappa shape index (κ1) is 18.3. The Morgan fingerprint density at radius 1 is 0.481 bits per heavy atom. The lowest BCUT2D eigenvalue weighted by atomic mass is 10.2. The van der Waals surface area contributed by atoms with Crippen LogP contribution in [0.1, 0.15) is 5.56 Å². The van der Waals surface area contributed by atoms with Gasteiger partial charge < -0.3 is 0 Å². The van der Waals surface area contributed by atoms with Crippen LogP contribution in [0.2, 0.25) is 0 Å². The van der Waals surface area contributed by atoms with Crippen molar-refractivity contribution in [1.29, 1.82) is 0 Å². The lowest BCUT2D eigenvalue weighted by Gasteiger charge is -2.29. The molecule has 0 unspecified atom stereocenters. The summed E-state index contributed by atoms with van der Waals surface area (Å²) in [7, 11) is 0. The highest BCUT2D eigenvalue weighted by Gasteiger charge is 2.24. The number of hydrogen-bond acceptors (Lipinski definition) is 0. The summed E-state index contributed by atoms with van der Waals surface area (Å²) in [6.45, 7) is -1.92. The molecule has 4 rings (SSSR count). The zero-order valence-electron chi connectivity index (χ0n) is 14.9. The van der Waals surface area contributed by atoms with E-state index in [-0.39, 0.29) is 0 Å². The van der Waals surface area contributed by atoms with Gasteiger partial charge >= 0.3 is 0 Å². The van der Waals surface area contributed by atoms with Gasteiger partial charge in [-0.15, -0.1) is 0 Å². The highest BCUT2D eigenvalue weighted by Crippen LogP contribution is 2.44. The molecular formula is C25H20IP. The molecular weight excluding hydrogens is 458 g/mol. The molecule has 4 aromatic carbocycles. The lowest BCUT2D eigenvalue weighted by Crippen LogP contribution is -2.27. The summed E-state index contributed by atoms with van der Waals surface area (Å²) in [5, 5.41) is 4.13. The van der Waals surface area contributed by atoms with Crippen LogP contribution in [0.15, 0.2) is 115 Å². The molecule has 0 aliphatic rings. The molecule has 0 saturated heterocycles. The quantitative estimate of drug-likeness (QED) is 0.271. The van der Waals surface area contributed by atoms with E-state index in [1.54, 1.807) is 0 Å². The first-order valence-electron chi connectivity index (χ1n) is 8.96. The topological polar surface area (TPSA) is 0 Å². The normalized spacial score (nSPS) is 11.1. The third-order valence-electron chi connectivity index (χ3n) is 4.70. The van der Waals surface area contributed by atoms with E-state index in [9.17, 15) is 0 Å². The van der Waals surface area contributed by atoms with Crippen LogP contribution in [0.25, 0.3) is 0 Å². The predicted molar refractivity (Wildman–Crippen MR) is 129 cm³/mol. The minimum Gasteiger partial charge on any atom is -0.0622 e. The van der Waals surface area contributed by atoms with Crippen molar-refractivity contribution in [2.45, 2.75) is 0 Å². The minimum absolute atomic E-state index is 1.26. The standard InChI is InChI=1S/C25H20IP/c26-22-18-16-21(17-19-22)20-27(23-10-4-1-5-11-23,24-12-6-2-7-13-24)25-14-8-3-9-15-25/h1-20H. The minimum atomic E-state index is -1.92. The van der Waals surface area contributed by atoms with Gasteiger partial charge in [0.15, 0.2) is 0 Å². The molecule has 0 nitrogen and oxygen atoms in total. The van der Waals surface area contributed by atoms with Gasteiger partial charge in [-0.05, 0) is 68.9 Å². The molecule has 0 amide bonds. The first-order chi connectivity index (χ1) is 13.3. The van der Waals surface area contributed by atoms with Gasteiger partial charge in [-0.1, -0.05) is 103 Å². The third-order valence-corrected chi connectivity index (χ3v) is 9.45. The van der Waals surface area contributed by atoms with E-state index in [0.29, 0.717) is 0 Å². The van der Waals surface area contributed by atoms with Crippen molar-refractivity contribution in [2.24, 2.45) is 0 Å². The molecule has 0 N–H and O–H groups in total. The van der Waals surface area contributed by atoms with Gasteiger partial charge in [0.2, 0.25) is 0 Å². The van der Waals surface area contributed by atoms with Crippen LogP contribution in [0.4, 0.5) is 0 Å². The van der Waals surface area contributed by atoms with E-state index >= 15 is 0 Å². The third kappa shape index (κ3) is 3.81. The Kier molecular flexibility index (Phi) is 5.61. The molecule has 0 fully saturated rings. The SMILES string of the molecule is Ic1ccc(C=P(c2ccccc2)(c2ccccc2)c2ccccc2)cc1. The van der Waals surface area contributed by atoms with Crippen LogP contribution in [-0.2, 0) is 0 Å². The van der Waals surface area contributed by atoms with Crippen molar-refractivity contribution < 1.29 is 0 Å². The molecule has 0 bridgehead atoms. The maximum atomic E-state index is 2.50. The molecule has 0 radical (unpaired) electrons. The highest BCUT2D eigenvalue weighted by atomic mass is 127. The van der Waals surface area contributed by atoms with E-state index in [4.69, 9.17) is 0 Å². The summed E-state index contributed by atoms with van der Waals surface area (Å²) in [5.74, 6) is 2.50. The molecule has 4 aromatic rings. The Balaban J connectivity index is 2.11. The van der Waals surface area contributed by atoms with Crippen LogP contribution in [-0.4, -0.2) is 5.80 Å². The van der Waals surface area contributed by atoms with Crippen LogP contribution in [0, 0.1) is 3.57 Å². The first-order valence-corrected chi connectivity index (χ1v) is 11.9. The average Bonchev–Trinajstić information content (AvgIpc) is 2.75. The fourth-order valence-corrected chi connectivity index (χ4v) is 7.68. The molecule has 2 heteroatoms. The number of rotatable bonds is 4. The van der Waals surface area contributed by atoms with Crippen LogP contribution < -0.4 is 15.9 Å². The Morgan fingerprint density at radius 2 is 0.852 bits per heavy atom. The highest BCUT2D eigenvalue weighted by molar-refractivity contribution is 14.1. The van der Waals surface area contributed by atoms with Gasteiger partial charge in [-0.3, -0.25) is 0 Å². The van der Waals surface area contributed by atoms with E-state index in [1.165, 1.54) is 25.0 Å². The summed E-state index contributed by atoms with van der Waals surface area (Å²) >= 11 is 2.36. The van der Waals surface area contributed by atoms with E-state index in [2.05, 4.69) is 144 Å². The fourth-order valence-electron chi connectivity index (χ4n) is 3.43. The summed E-state index contributed by atoms with van der Waals surface area (Å²) < 4.78 is 1.26. The maximum Gasteiger partial charge on any atom is 0.0130 e. The van der Waals surface area contributed by atoms with Gasteiger partial charge in [-0.2, -0.15) is 0 Å². The van der Waals surface area contributed by atoms with Crippen molar-refractivity contribution in [2.75, 3.05) is 0 Å². The Labute approximate surface area is 175 Å². The number of benzene rings is 4. The molecule has 0 atom stereocenters. The van der Waals surface area contributed by atoms with Gasteiger partial charge in [0.05, 0.1) is 0 Å². The molecule has 0 aliphatic carbocycles. The predicted octanol–water partition coefficient (Wildman–Crippen LogP) is 5.44.